The van der Waals surface area contributed by atoms with Gasteiger partial charge in [-0.2, -0.15) is 5.10 Å². The van der Waals surface area contributed by atoms with Gasteiger partial charge >= 0.3 is 0 Å². The van der Waals surface area contributed by atoms with Crippen LogP contribution < -0.4 is 5.73 Å². The van der Waals surface area contributed by atoms with Crippen LogP contribution in [0.25, 0.3) is 0 Å². The van der Waals surface area contributed by atoms with Gasteiger partial charge in [-0.1, -0.05) is 6.42 Å². The van der Waals surface area contributed by atoms with E-state index < -0.39 is 0 Å². The molecule has 1 heterocycles. The number of hydrogen-bond acceptors (Lipinski definition) is 2. The molecule has 0 aromatic carbocycles. The lowest BCUT2D eigenvalue weighted by atomic mass is 9.81. The van der Waals surface area contributed by atoms with Crippen LogP contribution in [0.4, 0.5) is 0 Å². The monoisotopic (exact) mass is 179 g/mol. The van der Waals surface area contributed by atoms with Gasteiger partial charge in [0.15, 0.2) is 0 Å². The quantitative estimate of drug-likeness (QED) is 0.751. The summed E-state index contributed by atoms with van der Waals surface area (Å²) in [6, 6.07) is 0.115. The van der Waals surface area contributed by atoms with E-state index in [0.29, 0.717) is 5.92 Å². The standard InChI is InChI=1S/C10H17N3/c1-7(11)9-6-12-13(2)10(9)8-4-3-5-8/h6-8H,3-5,11H2,1-2H3. The lowest BCUT2D eigenvalue weighted by Crippen LogP contribution is -2.17. The zero-order valence-corrected chi connectivity index (χ0v) is 8.33. The Morgan fingerprint density at radius 2 is 2.31 bits per heavy atom. The van der Waals surface area contributed by atoms with Crippen LogP contribution in [0.5, 0.6) is 0 Å². The van der Waals surface area contributed by atoms with Gasteiger partial charge in [0.2, 0.25) is 0 Å². The van der Waals surface area contributed by atoms with Crippen molar-refractivity contribution >= 4 is 0 Å². The first-order valence-electron chi connectivity index (χ1n) is 4.97. The fourth-order valence-corrected chi connectivity index (χ4v) is 2.00. The second-order valence-corrected chi connectivity index (χ2v) is 4.03. The first-order chi connectivity index (χ1) is 6.20. The van der Waals surface area contributed by atoms with Crippen LogP contribution in [-0.2, 0) is 7.05 Å². The van der Waals surface area contributed by atoms with Gasteiger partial charge in [0.05, 0.1) is 6.20 Å². The van der Waals surface area contributed by atoms with Crippen LogP contribution in [0, 0.1) is 0 Å². The lowest BCUT2D eigenvalue weighted by Gasteiger charge is -2.27. The van der Waals surface area contributed by atoms with Gasteiger partial charge < -0.3 is 5.73 Å². The molecule has 1 aromatic heterocycles. The minimum absolute atomic E-state index is 0.115. The summed E-state index contributed by atoms with van der Waals surface area (Å²) in [6.07, 6.45) is 5.88. The maximum Gasteiger partial charge on any atom is 0.0540 e. The third kappa shape index (κ3) is 1.37. The predicted molar refractivity (Wildman–Crippen MR) is 52.4 cm³/mol. The summed E-state index contributed by atoms with van der Waals surface area (Å²) in [5.41, 5.74) is 8.48. The van der Waals surface area contributed by atoms with Crippen LogP contribution in [0.15, 0.2) is 6.20 Å². The van der Waals surface area contributed by atoms with Crippen molar-refractivity contribution in [3.8, 4) is 0 Å². The van der Waals surface area contributed by atoms with E-state index in [1.807, 2.05) is 24.9 Å². The fraction of sp³-hybridized carbons (Fsp3) is 0.700. The highest BCUT2D eigenvalue weighted by Crippen LogP contribution is 2.38. The van der Waals surface area contributed by atoms with Crippen molar-refractivity contribution in [2.24, 2.45) is 12.8 Å². The molecule has 2 rings (SSSR count). The van der Waals surface area contributed by atoms with E-state index >= 15 is 0 Å². The number of rotatable bonds is 2. The molecule has 0 saturated heterocycles. The van der Waals surface area contributed by atoms with E-state index in [4.69, 9.17) is 5.73 Å². The molecule has 1 fully saturated rings. The summed E-state index contributed by atoms with van der Waals surface area (Å²) in [5, 5.41) is 4.28. The molecule has 13 heavy (non-hydrogen) atoms. The van der Waals surface area contributed by atoms with Gasteiger partial charge in [0, 0.05) is 30.3 Å². The Balaban J connectivity index is 2.34. The van der Waals surface area contributed by atoms with Crippen molar-refractivity contribution in [2.45, 2.75) is 38.1 Å². The molecule has 72 valence electrons. The molecule has 3 heteroatoms. The molecule has 1 unspecified atom stereocenters. The average Bonchev–Trinajstić information content (AvgIpc) is 2.30. The van der Waals surface area contributed by atoms with Crippen LogP contribution >= 0.6 is 0 Å². The highest BCUT2D eigenvalue weighted by Gasteiger charge is 2.26. The largest absolute Gasteiger partial charge is 0.324 e. The first kappa shape index (κ1) is 8.75. The van der Waals surface area contributed by atoms with Crippen LogP contribution in [0.1, 0.15) is 49.4 Å². The van der Waals surface area contributed by atoms with Crippen LogP contribution in [-0.4, -0.2) is 9.78 Å². The van der Waals surface area contributed by atoms with Crippen molar-refractivity contribution in [2.75, 3.05) is 0 Å². The van der Waals surface area contributed by atoms with Gasteiger partial charge in [-0.3, -0.25) is 4.68 Å². The zero-order chi connectivity index (χ0) is 9.42. The minimum atomic E-state index is 0.115. The first-order valence-corrected chi connectivity index (χ1v) is 4.97. The van der Waals surface area contributed by atoms with Gasteiger partial charge in [0.25, 0.3) is 0 Å². The molecule has 0 spiro atoms. The maximum atomic E-state index is 5.89. The molecule has 1 atom stereocenters. The van der Waals surface area contributed by atoms with Gasteiger partial charge in [0.1, 0.15) is 0 Å². The Bertz CT molecular complexity index is 297. The molecule has 1 saturated carbocycles. The SMILES string of the molecule is CC(N)c1cnn(C)c1C1CCC1. The van der Waals surface area contributed by atoms with Crippen LogP contribution in [0.3, 0.4) is 0 Å². The Morgan fingerprint density at radius 1 is 1.62 bits per heavy atom. The second-order valence-electron chi connectivity index (χ2n) is 4.03. The zero-order valence-electron chi connectivity index (χ0n) is 8.33. The summed E-state index contributed by atoms with van der Waals surface area (Å²) < 4.78 is 1.99. The summed E-state index contributed by atoms with van der Waals surface area (Å²) >= 11 is 0. The number of aryl methyl sites for hydroxylation is 1. The molecular formula is C10H17N3. The molecule has 3 nitrogen and oxygen atoms in total. The summed E-state index contributed by atoms with van der Waals surface area (Å²) in [7, 11) is 2.01. The molecule has 0 bridgehead atoms. The van der Waals surface area contributed by atoms with E-state index in [-0.39, 0.29) is 6.04 Å². The Hall–Kier alpha value is -0.830. The Morgan fingerprint density at radius 3 is 2.77 bits per heavy atom. The van der Waals surface area contributed by atoms with E-state index in [9.17, 15) is 0 Å². The Labute approximate surface area is 78.9 Å². The van der Waals surface area contributed by atoms with Gasteiger partial charge in [-0.05, 0) is 19.8 Å². The highest BCUT2D eigenvalue weighted by molar-refractivity contribution is 5.26. The van der Waals surface area contributed by atoms with Crippen molar-refractivity contribution in [3.63, 3.8) is 0 Å². The summed E-state index contributed by atoms with van der Waals surface area (Å²) in [6.45, 7) is 2.03. The molecule has 1 aliphatic rings. The molecule has 2 N–H and O–H groups in total. The third-order valence-corrected chi connectivity index (χ3v) is 3.00. The van der Waals surface area contributed by atoms with E-state index in [0.717, 1.165) is 0 Å². The van der Waals surface area contributed by atoms with Crippen molar-refractivity contribution in [1.82, 2.24) is 9.78 Å². The lowest BCUT2D eigenvalue weighted by molar-refractivity contribution is 0.393. The number of hydrogen-bond donors (Lipinski definition) is 1. The highest BCUT2D eigenvalue weighted by atomic mass is 15.3. The Kier molecular flexibility index (Phi) is 2.12. The number of nitrogens with zero attached hydrogens (tertiary/aromatic N) is 2. The number of aromatic nitrogens is 2. The molecule has 1 aliphatic carbocycles. The van der Waals surface area contributed by atoms with Gasteiger partial charge in [-0.25, -0.2) is 0 Å². The predicted octanol–water partition coefficient (Wildman–Crippen LogP) is 1.71. The smallest absolute Gasteiger partial charge is 0.0540 e. The molecule has 0 amide bonds. The molecule has 0 aliphatic heterocycles. The minimum Gasteiger partial charge on any atom is -0.324 e. The van der Waals surface area contributed by atoms with E-state index in [2.05, 4.69) is 5.10 Å². The normalized spacial score (nSPS) is 19.9. The maximum absolute atomic E-state index is 5.89. The molecule has 1 aromatic rings. The van der Waals surface area contributed by atoms with E-state index in [1.54, 1.807) is 0 Å². The fourth-order valence-electron chi connectivity index (χ4n) is 2.00. The number of nitrogens with two attached hydrogens (primary N) is 1. The van der Waals surface area contributed by atoms with Crippen molar-refractivity contribution in [3.05, 3.63) is 17.5 Å². The van der Waals surface area contributed by atoms with Crippen molar-refractivity contribution < 1.29 is 0 Å². The van der Waals surface area contributed by atoms with Crippen LogP contribution in [0.2, 0.25) is 0 Å². The summed E-state index contributed by atoms with van der Waals surface area (Å²) in [5.74, 6) is 0.716. The second kappa shape index (κ2) is 3.14. The third-order valence-electron chi connectivity index (χ3n) is 3.00. The average molecular weight is 179 g/mol. The molecule has 0 radical (unpaired) electrons. The topological polar surface area (TPSA) is 43.8 Å². The summed E-state index contributed by atoms with van der Waals surface area (Å²) in [4.78, 5) is 0. The van der Waals surface area contributed by atoms with Gasteiger partial charge in [-0.15, -0.1) is 0 Å². The van der Waals surface area contributed by atoms with Crippen molar-refractivity contribution in [1.29, 1.82) is 0 Å². The van der Waals surface area contributed by atoms with E-state index in [1.165, 1.54) is 30.5 Å². The molecular weight excluding hydrogens is 162 g/mol.